The lowest BCUT2D eigenvalue weighted by Gasteiger charge is -2.42. The summed E-state index contributed by atoms with van der Waals surface area (Å²) in [6.45, 7) is 4.08. The van der Waals surface area contributed by atoms with Gasteiger partial charge in [0.15, 0.2) is 34.6 Å². The average Bonchev–Trinajstić information content (AvgIpc) is 4.05. The van der Waals surface area contributed by atoms with E-state index in [1.807, 2.05) is 82.2 Å². The molecule has 2 aromatic heterocycles. The van der Waals surface area contributed by atoms with Crippen LogP contribution in [0.5, 0.6) is 34.5 Å². The number of aromatic nitrogens is 8. The molecule has 2 unspecified atom stereocenters. The standard InChI is InChI=1S/C38H38N10O6/c1-49-29-9-5-3-7-27(29)35(37-39-41-43-47(37)21-25-11-13-31-33(19-25)53-23-51-31)45-15-17-46(18-16-45)36(28-8-4-6-10-30(28)50-2)38-40-42-44-48(38)22-26-12-14-32-34(20-26)54-24-52-32/h3-14,19-20,35-36H,15-18,21-24H2,1-2H3. The van der Waals surface area contributed by atoms with Crippen LogP contribution >= 0.6 is 0 Å². The third-order valence-electron chi connectivity index (χ3n) is 10.1. The summed E-state index contributed by atoms with van der Waals surface area (Å²) < 4.78 is 37.8. The maximum absolute atomic E-state index is 5.90. The van der Waals surface area contributed by atoms with Crippen molar-refractivity contribution >= 4 is 0 Å². The third kappa shape index (κ3) is 6.39. The van der Waals surface area contributed by atoms with Crippen LogP contribution in [-0.4, -0.2) is 104 Å². The maximum atomic E-state index is 5.90. The van der Waals surface area contributed by atoms with E-state index in [1.165, 1.54) is 0 Å². The Labute approximate surface area is 310 Å². The molecule has 1 fully saturated rings. The van der Waals surface area contributed by atoms with Gasteiger partial charge in [-0.25, -0.2) is 9.36 Å². The van der Waals surface area contributed by atoms with Gasteiger partial charge >= 0.3 is 0 Å². The summed E-state index contributed by atoms with van der Waals surface area (Å²) in [6, 6.07) is 27.3. The molecular weight excluding hydrogens is 692 g/mol. The molecule has 16 heteroatoms. The van der Waals surface area contributed by atoms with Crippen molar-refractivity contribution < 1.29 is 28.4 Å². The fourth-order valence-electron chi connectivity index (χ4n) is 7.50. The largest absolute Gasteiger partial charge is 0.496 e. The van der Waals surface area contributed by atoms with E-state index in [0.29, 0.717) is 62.4 Å². The summed E-state index contributed by atoms with van der Waals surface area (Å²) in [5.41, 5.74) is 3.94. The van der Waals surface area contributed by atoms with Crippen LogP contribution in [0.4, 0.5) is 0 Å². The lowest BCUT2D eigenvalue weighted by molar-refractivity contribution is 0.0810. The molecule has 3 aliphatic heterocycles. The molecule has 1 saturated heterocycles. The molecule has 0 bridgehead atoms. The van der Waals surface area contributed by atoms with Crippen molar-refractivity contribution in [1.29, 1.82) is 0 Å². The highest BCUT2D eigenvalue weighted by Crippen LogP contribution is 2.39. The van der Waals surface area contributed by atoms with Crippen molar-refractivity contribution in [3.05, 3.63) is 119 Å². The summed E-state index contributed by atoms with van der Waals surface area (Å²) in [6.07, 6.45) is 0. The Bertz CT molecular complexity index is 2100. The minimum absolute atomic E-state index is 0.212. The molecule has 16 nitrogen and oxygen atoms in total. The van der Waals surface area contributed by atoms with E-state index in [4.69, 9.17) is 28.4 Å². The van der Waals surface area contributed by atoms with Gasteiger partial charge in [-0.15, -0.1) is 10.2 Å². The van der Waals surface area contributed by atoms with Gasteiger partial charge in [0.05, 0.1) is 27.3 Å². The minimum atomic E-state index is -0.298. The molecule has 54 heavy (non-hydrogen) atoms. The first-order valence-corrected chi connectivity index (χ1v) is 17.7. The number of rotatable bonds is 12. The molecule has 0 radical (unpaired) electrons. The first-order valence-electron chi connectivity index (χ1n) is 17.7. The number of tetrazole rings is 2. The van der Waals surface area contributed by atoms with E-state index >= 15 is 0 Å². The second-order valence-electron chi connectivity index (χ2n) is 13.1. The molecule has 3 aliphatic rings. The van der Waals surface area contributed by atoms with Crippen molar-refractivity contribution in [2.24, 2.45) is 0 Å². The van der Waals surface area contributed by atoms with Crippen molar-refractivity contribution in [3.8, 4) is 34.5 Å². The fourth-order valence-corrected chi connectivity index (χ4v) is 7.50. The van der Waals surface area contributed by atoms with Gasteiger partial charge in [0, 0.05) is 37.3 Å². The highest BCUT2D eigenvalue weighted by atomic mass is 16.7. The van der Waals surface area contributed by atoms with Crippen LogP contribution in [0.3, 0.4) is 0 Å². The molecule has 4 aromatic carbocycles. The number of ether oxygens (including phenoxy) is 6. The highest BCUT2D eigenvalue weighted by molar-refractivity contribution is 5.46. The van der Waals surface area contributed by atoms with E-state index in [-0.39, 0.29) is 25.7 Å². The lowest BCUT2D eigenvalue weighted by Crippen LogP contribution is -2.50. The molecule has 2 atom stereocenters. The first-order chi connectivity index (χ1) is 26.7. The second kappa shape index (κ2) is 14.6. The second-order valence-corrected chi connectivity index (χ2v) is 13.1. The normalized spacial score (nSPS) is 16.3. The Morgan fingerprint density at radius 3 is 1.43 bits per heavy atom. The summed E-state index contributed by atoms with van der Waals surface area (Å²) >= 11 is 0. The number of benzene rings is 4. The number of hydrogen-bond donors (Lipinski definition) is 0. The zero-order chi connectivity index (χ0) is 36.4. The topological polar surface area (TPSA) is 149 Å². The molecule has 6 aromatic rings. The van der Waals surface area contributed by atoms with Crippen molar-refractivity contribution in [2.45, 2.75) is 25.2 Å². The number of methoxy groups -OCH3 is 2. The molecule has 0 N–H and O–H groups in total. The Morgan fingerprint density at radius 2 is 0.981 bits per heavy atom. The van der Waals surface area contributed by atoms with Crippen LogP contribution in [0.1, 0.15) is 46.0 Å². The van der Waals surface area contributed by atoms with Gasteiger partial charge in [0.1, 0.15) is 23.6 Å². The quantitative estimate of drug-likeness (QED) is 0.180. The smallest absolute Gasteiger partial charge is 0.231 e. The third-order valence-corrected chi connectivity index (χ3v) is 10.1. The van der Waals surface area contributed by atoms with Crippen molar-refractivity contribution in [3.63, 3.8) is 0 Å². The SMILES string of the molecule is COc1ccccc1C(c1nnnn1Cc1ccc2c(c1)OCO2)N1CCN(C(c2ccccc2OC)c2nnnn2Cc2ccc3c(c2)OCO3)CC1. The van der Waals surface area contributed by atoms with Crippen molar-refractivity contribution in [1.82, 2.24) is 50.2 Å². The Morgan fingerprint density at radius 1 is 0.556 bits per heavy atom. The molecule has 9 rings (SSSR count). The number of fused-ring (bicyclic) bond motifs is 2. The highest BCUT2D eigenvalue weighted by Gasteiger charge is 2.37. The fraction of sp³-hybridized carbons (Fsp3) is 0.316. The zero-order valence-electron chi connectivity index (χ0n) is 29.8. The lowest BCUT2D eigenvalue weighted by atomic mass is 9.99. The average molecular weight is 731 g/mol. The predicted molar refractivity (Wildman–Crippen MR) is 192 cm³/mol. The molecule has 0 amide bonds. The van der Waals surface area contributed by atoms with Gasteiger partial charge in [-0.2, -0.15) is 0 Å². The molecule has 5 heterocycles. The van der Waals surface area contributed by atoms with E-state index in [9.17, 15) is 0 Å². The molecule has 0 aliphatic carbocycles. The van der Waals surface area contributed by atoms with Crippen LogP contribution < -0.4 is 28.4 Å². The Kier molecular flexibility index (Phi) is 9.10. The van der Waals surface area contributed by atoms with Crippen LogP contribution in [0.15, 0.2) is 84.9 Å². The molecule has 0 saturated carbocycles. The van der Waals surface area contributed by atoms with Crippen molar-refractivity contribution in [2.75, 3.05) is 54.0 Å². The molecule has 0 spiro atoms. The number of nitrogens with zero attached hydrogens (tertiary/aromatic N) is 10. The Hall–Kier alpha value is -6.26. The molecular formula is C38H38N10O6. The van der Waals surface area contributed by atoms with E-state index in [1.54, 1.807) is 14.2 Å². The summed E-state index contributed by atoms with van der Waals surface area (Å²) in [5, 5.41) is 26.5. The van der Waals surface area contributed by atoms with Crippen LogP contribution in [0, 0.1) is 0 Å². The van der Waals surface area contributed by atoms with E-state index in [2.05, 4.69) is 53.0 Å². The summed E-state index contributed by atoms with van der Waals surface area (Å²) in [7, 11) is 3.38. The number of piperazine rings is 1. The maximum Gasteiger partial charge on any atom is 0.231 e. The van der Waals surface area contributed by atoms with Gasteiger partial charge < -0.3 is 28.4 Å². The summed E-state index contributed by atoms with van der Waals surface area (Å²) in [4.78, 5) is 4.82. The first kappa shape index (κ1) is 33.6. The number of hydrogen-bond acceptors (Lipinski definition) is 14. The van der Waals surface area contributed by atoms with Gasteiger partial charge in [-0.05, 0) is 68.4 Å². The van der Waals surface area contributed by atoms with Gasteiger partial charge in [0.25, 0.3) is 0 Å². The Balaban J connectivity index is 1.03. The van der Waals surface area contributed by atoms with Gasteiger partial charge in [0.2, 0.25) is 13.6 Å². The predicted octanol–water partition coefficient (Wildman–Crippen LogP) is 3.73. The van der Waals surface area contributed by atoms with E-state index < -0.39 is 0 Å². The minimum Gasteiger partial charge on any atom is -0.496 e. The van der Waals surface area contributed by atoms with Gasteiger partial charge in [-0.3, -0.25) is 9.80 Å². The summed E-state index contributed by atoms with van der Waals surface area (Å²) in [5.74, 6) is 5.83. The van der Waals surface area contributed by atoms with E-state index in [0.717, 1.165) is 45.3 Å². The van der Waals surface area contributed by atoms with Crippen LogP contribution in [-0.2, 0) is 13.1 Å². The number of para-hydroxylation sites is 2. The van der Waals surface area contributed by atoms with Gasteiger partial charge in [-0.1, -0.05) is 48.5 Å². The molecule has 276 valence electrons. The zero-order valence-corrected chi connectivity index (χ0v) is 29.8. The monoisotopic (exact) mass is 730 g/mol. The van der Waals surface area contributed by atoms with Crippen LogP contribution in [0.2, 0.25) is 0 Å². The van der Waals surface area contributed by atoms with Crippen LogP contribution in [0.25, 0.3) is 0 Å².